The quantitative estimate of drug-likeness (QED) is 0.521. The van der Waals surface area contributed by atoms with Crippen LogP contribution in [0, 0.1) is 6.92 Å². The van der Waals surface area contributed by atoms with Crippen LogP contribution in [0.5, 0.6) is 0 Å². The molecule has 0 unspecified atom stereocenters. The molecule has 0 spiro atoms. The van der Waals surface area contributed by atoms with Gasteiger partial charge in [0.25, 0.3) is 5.91 Å². The molecule has 0 atom stereocenters. The minimum absolute atomic E-state index is 0.0455. The molecule has 0 radical (unpaired) electrons. The highest BCUT2D eigenvalue weighted by molar-refractivity contribution is 5.94. The third-order valence-electron chi connectivity index (χ3n) is 4.67. The summed E-state index contributed by atoms with van der Waals surface area (Å²) >= 11 is 0. The summed E-state index contributed by atoms with van der Waals surface area (Å²) in [5.74, 6) is -0.0455. The van der Waals surface area contributed by atoms with Crippen LogP contribution < -0.4 is 5.32 Å². The molecule has 28 heavy (non-hydrogen) atoms. The van der Waals surface area contributed by atoms with Crippen molar-refractivity contribution in [1.82, 2.24) is 19.9 Å². The Hall–Kier alpha value is -3.47. The van der Waals surface area contributed by atoms with E-state index in [1.807, 2.05) is 67.8 Å². The minimum Gasteiger partial charge on any atom is -0.352 e. The van der Waals surface area contributed by atoms with E-state index in [2.05, 4.69) is 27.5 Å². The van der Waals surface area contributed by atoms with E-state index in [0.717, 1.165) is 40.9 Å². The average Bonchev–Trinajstić information content (AvgIpc) is 3.11. The molecule has 0 saturated carbocycles. The normalized spacial score (nSPS) is 10.9. The molecule has 0 saturated heterocycles. The van der Waals surface area contributed by atoms with Crippen LogP contribution in [0.25, 0.3) is 16.8 Å². The van der Waals surface area contributed by atoms with Gasteiger partial charge in [-0.1, -0.05) is 42.5 Å². The van der Waals surface area contributed by atoms with Crippen LogP contribution in [0.3, 0.4) is 0 Å². The molecule has 1 N–H and O–H groups in total. The molecule has 5 nitrogen and oxygen atoms in total. The number of hydrogen-bond donors (Lipinski definition) is 1. The number of hydrogen-bond acceptors (Lipinski definition) is 3. The van der Waals surface area contributed by atoms with Crippen molar-refractivity contribution in [3.05, 3.63) is 89.9 Å². The Balaban J connectivity index is 1.29. The molecule has 0 aliphatic heterocycles. The number of carbonyl (C=O) groups is 1. The molecule has 5 heteroatoms. The second-order valence-electron chi connectivity index (χ2n) is 6.85. The third kappa shape index (κ3) is 4.09. The molecule has 4 rings (SSSR count). The van der Waals surface area contributed by atoms with Crippen LogP contribution in [0.15, 0.2) is 73.1 Å². The van der Waals surface area contributed by atoms with Crippen molar-refractivity contribution in [2.75, 3.05) is 6.54 Å². The largest absolute Gasteiger partial charge is 0.352 e. The Morgan fingerprint density at radius 3 is 2.57 bits per heavy atom. The summed E-state index contributed by atoms with van der Waals surface area (Å²) < 4.78 is 1.80. The predicted molar refractivity (Wildman–Crippen MR) is 110 cm³/mol. The van der Waals surface area contributed by atoms with E-state index in [0.29, 0.717) is 12.1 Å². The lowest BCUT2D eigenvalue weighted by Gasteiger charge is -2.07. The number of rotatable bonds is 6. The van der Waals surface area contributed by atoms with Gasteiger partial charge < -0.3 is 5.32 Å². The fourth-order valence-corrected chi connectivity index (χ4v) is 3.20. The zero-order valence-electron chi connectivity index (χ0n) is 15.8. The first-order valence-electron chi connectivity index (χ1n) is 9.44. The summed E-state index contributed by atoms with van der Waals surface area (Å²) in [7, 11) is 0. The molecule has 140 valence electrons. The molecular formula is C23H22N4O. The Kier molecular flexibility index (Phi) is 5.15. The second-order valence-corrected chi connectivity index (χ2v) is 6.85. The van der Waals surface area contributed by atoms with E-state index in [1.165, 1.54) is 0 Å². The molecule has 2 heterocycles. The number of amides is 1. The van der Waals surface area contributed by atoms with E-state index in [4.69, 9.17) is 0 Å². The van der Waals surface area contributed by atoms with Crippen LogP contribution in [0.1, 0.15) is 28.0 Å². The maximum absolute atomic E-state index is 12.3. The Morgan fingerprint density at radius 2 is 1.79 bits per heavy atom. The summed E-state index contributed by atoms with van der Waals surface area (Å²) in [4.78, 5) is 16.8. The fraction of sp³-hybridized carbons (Fsp3) is 0.174. The maximum atomic E-state index is 12.3. The van der Waals surface area contributed by atoms with Crippen molar-refractivity contribution in [2.45, 2.75) is 19.8 Å². The topological polar surface area (TPSA) is 59.3 Å². The number of aryl methyl sites for hydroxylation is 2. The van der Waals surface area contributed by atoms with Crippen molar-refractivity contribution in [1.29, 1.82) is 0 Å². The SMILES string of the molecule is Cc1cc2ncc(CCCNC(=O)c3ccc(-c4ccccc4)cc3)cn2n1. The van der Waals surface area contributed by atoms with Gasteiger partial charge in [0.05, 0.1) is 5.69 Å². The van der Waals surface area contributed by atoms with Crippen LogP contribution in [-0.4, -0.2) is 27.0 Å². The zero-order chi connectivity index (χ0) is 19.3. The maximum Gasteiger partial charge on any atom is 0.251 e. The van der Waals surface area contributed by atoms with Gasteiger partial charge in [0.1, 0.15) is 0 Å². The Bertz CT molecular complexity index is 1080. The van der Waals surface area contributed by atoms with Crippen molar-refractivity contribution in [3.63, 3.8) is 0 Å². The lowest BCUT2D eigenvalue weighted by molar-refractivity contribution is 0.0953. The zero-order valence-corrected chi connectivity index (χ0v) is 15.8. The number of carbonyl (C=O) groups excluding carboxylic acids is 1. The highest BCUT2D eigenvalue weighted by Crippen LogP contribution is 2.19. The highest BCUT2D eigenvalue weighted by Gasteiger charge is 2.06. The monoisotopic (exact) mass is 370 g/mol. The van der Waals surface area contributed by atoms with Gasteiger partial charge in [-0.3, -0.25) is 4.79 Å². The minimum atomic E-state index is -0.0455. The summed E-state index contributed by atoms with van der Waals surface area (Å²) in [5.41, 5.74) is 5.84. The highest BCUT2D eigenvalue weighted by atomic mass is 16.1. The molecule has 0 bridgehead atoms. The molecule has 0 aliphatic carbocycles. The van der Waals surface area contributed by atoms with Crippen LogP contribution in [0.4, 0.5) is 0 Å². The Morgan fingerprint density at radius 1 is 1.04 bits per heavy atom. The fourth-order valence-electron chi connectivity index (χ4n) is 3.20. The van der Waals surface area contributed by atoms with Gasteiger partial charge in [0.15, 0.2) is 5.65 Å². The van der Waals surface area contributed by atoms with Gasteiger partial charge in [0, 0.05) is 30.6 Å². The van der Waals surface area contributed by atoms with Gasteiger partial charge >= 0.3 is 0 Å². The summed E-state index contributed by atoms with van der Waals surface area (Å²) in [6.45, 7) is 2.58. The lowest BCUT2D eigenvalue weighted by atomic mass is 10.0. The molecule has 2 aromatic heterocycles. The third-order valence-corrected chi connectivity index (χ3v) is 4.67. The Labute approximate surface area is 164 Å². The van der Waals surface area contributed by atoms with E-state index < -0.39 is 0 Å². The molecule has 1 amide bonds. The second kappa shape index (κ2) is 8.05. The lowest BCUT2D eigenvalue weighted by Crippen LogP contribution is -2.24. The van der Waals surface area contributed by atoms with Gasteiger partial charge in [-0.15, -0.1) is 0 Å². The summed E-state index contributed by atoms with van der Waals surface area (Å²) in [5, 5.41) is 7.37. The summed E-state index contributed by atoms with van der Waals surface area (Å²) in [6.07, 6.45) is 5.57. The first kappa shape index (κ1) is 17.9. The molecule has 0 aliphatic rings. The molecule has 2 aromatic carbocycles. The first-order valence-corrected chi connectivity index (χ1v) is 9.44. The van der Waals surface area contributed by atoms with Crippen LogP contribution in [-0.2, 0) is 6.42 Å². The van der Waals surface area contributed by atoms with E-state index in [-0.39, 0.29) is 5.91 Å². The van der Waals surface area contributed by atoms with Crippen molar-refractivity contribution in [2.24, 2.45) is 0 Å². The van der Waals surface area contributed by atoms with Gasteiger partial charge in [-0.2, -0.15) is 5.10 Å². The smallest absolute Gasteiger partial charge is 0.251 e. The standard InChI is InChI=1S/C23H22N4O/c1-17-14-22-25-15-18(16-27(22)26-17)6-5-13-24-23(28)21-11-9-20(10-12-21)19-7-3-2-4-8-19/h2-4,7-12,14-16H,5-6,13H2,1H3,(H,24,28). The van der Waals surface area contributed by atoms with Gasteiger partial charge in [0.2, 0.25) is 0 Å². The van der Waals surface area contributed by atoms with E-state index >= 15 is 0 Å². The van der Waals surface area contributed by atoms with Gasteiger partial charge in [-0.05, 0) is 48.6 Å². The number of nitrogens with zero attached hydrogens (tertiary/aromatic N) is 3. The molecule has 0 fully saturated rings. The number of fused-ring (bicyclic) bond motifs is 1. The molecule has 4 aromatic rings. The summed E-state index contributed by atoms with van der Waals surface area (Å²) in [6, 6.07) is 19.8. The van der Waals surface area contributed by atoms with Gasteiger partial charge in [-0.25, -0.2) is 9.50 Å². The number of nitrogens with one attached hydrogen (secondary N) is 1. The van der Waals surface area contributed by atoms with Crippen LogP contribution >= 0.6 is 0 Å². The van der Waals surface area contributed by atoms with Crippen molar-refractivity contribution in [3.8, 4) is 11.1 Å². The molecular weight excluding hydrogens is 348 g/mol. The first-order chi connectivity index (χ1) is 13.7. The predicted octanol–water partition coefficient (Wildman–Crippen LogP) is 4.07. The number of aromatic nitrogens is 3. The van der Waals surface area contributed by atoms with E-state index in [9.17, 15) is 4.79 Å². The van der Waals surface area contributed by atoms with E-state index in [1.54, 1.807) is 4.52 Å². The average molecular weight is 370 g/mol. The van der Waals surface area contributed by atoms with Crippen molar-refractivity contribution < 1.29 is 4.79 Å². The number of benzene rings is 2. The van der Waals surface area contributed by atoms with Crippen LogP contribution in [0.2, 0.25) is 0 Å². The van der Waals surface area contributed by atoms with Crippen molar-refractivity contribution >= 4 is 11.6 Å².